The van der Waals surface area contributed by atoms with E-state index in [0.717, 1.165) is 5.56 Å². The summed E-state index contributed by atoms with van der Waals surface area (Å²) >= 11 is 0. The topological polar surface area (TPSA) is 108 Å². The zero-order valence-electron chi connectivity index (χ0n) is 14.3. The number of nitrogens with zero attached hydrogens (tertiary/aromatic N) is 1. The summed E-state index contributed by atoms with van der Waals surface area (Å²) in [4.78, 5) is 22.9. The van der Waals surface area contributed by atoms with E-state index >= 15 is 0 Å². The van der Waals surface area contributed by atoms with Crippen LogP contribution in [-0.4, -0.2) is 42.7 Å². The van der Waals surface area contributed by atoms with Crippen molar-refractivity contribution in [2.45, 2.75) is 25.5 Å². The first-order chi connectivity index (χ1) is 11.5. The summed E-state index contributed by atoms with van der Waals surface area (Å²) < 4.78 is 24.2. The van der Waals surface area contributed by atoms with E-state index < -0.39 is 25.6 Å². The number of rotatable bonds is 7. The number of hydrogen-bond donors (Lipinski definition) is 1. The van der Waals surface area contributed by atoms with Gasteiger partial charge in [0.1, 0.15) is 12.9 Å². The average molecular weight is 362 g/mol. The summed E-state index contributed by atoms with van der Waals surface area (Å²) in [6.07, 6.45) is -0.167. The Morgan fingerprint density at radius 3 is 2.64 bits per heavy atom. The number of nitrogens with one attached hydrogen (secondary N) is 1. The van der Waals surface area contributed by atoms with Gasteiger partial charge in [0.25, 0.3) is 7.52 Å². The van der Waals surface area contributed by atoms with Crippen molar-refractivity contribution in [1.29, 1.82) is 0 Å². The number of hydrogen-bond acceptors (Lipinski definition) is 6. The number of alkyl carbamates (subject to hydrolysis) is 1. The van der Waals surface area contributed by atoms with Crippen molar-refractivity contribution in [1.82, 2.24) is 9.99 Å². The summed E-state index contributed by atoms with van der Waals surface area (Å²) in [7, 11) is -2.28. The van der Waals surface area contributed by atoms with Crippen molar-refractivity contribution in [3.63, 3.8) is 0 Å². The van der Waals surface area contributed by atoms with Crippen LogP contribution in [0, 0.1) is 0 Å². The molecule has 1 saturated heterocycles. The number of carboxylic acids is 1. The van der Waals surface area contributed by atoms with Gasteiger partial charge in [0.05, 0.1) is 12.0 Å². The van der Waals surface area contributed by atoms with Gasteiger partial charge in [-0.15, -0.1) is 0 Å². The van der Waals surface area contributed by atoms with Gasteiger partial charge in [-0.3, -0.25) is 4.57 Å². The molecule has 132 valence electrons. The molecule has 0 aromatic heterocycles. The van der Waals surface area contributed by atoms with Gasteiger partial charge in [-0.05, 0) is 18.4 Å². The van der Waals surface area contributed by atoms with Crippen molar-refractivity contribution in [2.24, 2.45) is 0 Å². The van der Waals surface area contributed by atoms with Crippen molar-refractivity contribution in [3.05, 3.63) is 35.9 Å². The molecule has 1 amide bonds. The summed E-state index contributed by atoms with van der Waals surface area (Å²) in [5.74, 6) is -1.29. The standard InChI is InChI=1S/C15H21N2O6P.Li/c1-22-24(21,17-9-5-8-13(17)14(18)19)11-16-15(20)23-10-12-6-3-2-4-7-12;/h2-4,6-7,13H,5,8-11H2,1H3,(H,16,20)(H,18,19);/q;+1/p-1/t13-,24?;/m1./s1. The average Bonchev–Trinajstić information content (AvgIpc) is 3.09. The Bertz CT molecular complexity index is 630. The quantitative estimate of drug-likeness (QED) is 0.438. The Morgan fingerprint density at radius 1 is 1.36 bits per heavy atom. The number of carbonyl (C=O) groups excluding carboxylic acids is 2. The summed E-state index contributed by atoms with van der Waals surface area (Å²) in [6, 6.07) is 8.14. The SMILES string of the molecule is COP(=O)(CNC(=O)OCc1ccccc1)N1CCC[C@@H]1C(=O)[O-].[Li+]. The maximum Gasteiger partial charge on any atom is 1.00 e. The number of carboxylic acid groups (broad SMARTS) is 1. The van der Waals surface area contributed by atoms with Gasteiger partial charge in [0.15, 0.2) is 0 Å². The number of aliphatic carboxylic acids is 1. The third-order valence-electron chi connectivity index (χ3n) is 3.81. The molecule has 25 heavy (non-hydrogen) atoms. The van der Waals surface area contributed by atoms with Crippen LogP contribution in [0.1, 0.15) is 18.4 Å². The smallest absolute Gasteiger partial charge is 0.548 e. The fraction of sp³-hybridized carbons (Fsp3) is 0.467. The second-order valence-electron chi connectivity index (χ2n) is 5.36. The molecule has 1 N–H and O–H groups in total. The minimum atomic E-state index is -3.51. The minimum Gasteiger partial charge on any atom is -0.548 e. The first-order valence-corrected chi connectivity index (χ1v) is 9.30. The third-order valence-corrected chi connectivity index (χ3v) is 6.20. The fourth-order valence-corrected chi connectivity index (χ4v) is 4.48. The second-order valence-corrected chi connectivity index (χ2v) is 7.83. The van der Waals surface area contributed by atoms with Gasteiger partial charge in [0.2, 0.25) is 0 Å². The van der Waals surface area contributed by atoms with Crippen LogP contribution in [0.15, 0.2) is 30.3 Å². The van der Waals surface area contributed by atoms with E-state index in [4.69, 9.17) is 9.26 Å². The van der Waals surface area contributed by atoms with Crippen LogP contribution in [0.3, 0.4) is 0 Å². The van der Waals surface area contributed by atoms with Crippen LogP contribution in [0.25, 0.3) is 0 Å². The van der Waals surface area contributed by atoms with E-state index in [2.05, 4.69) is 5.32 Å². The van der Waals surface area contributed by atoms with Crippen LogP contribution in [0.5, 0.6) is 0 Å². The van der Waals surface area contributed by atoms with Crippen LogP contribution in [-0.2, 0) is 25.2 Å². The fourth-order valence-electron chi connectivity index (χ4n) is 2.55. The van der Waals surface area contributed by atoms with Crippen LogP contribution >= 0.6 is 7.52 Å². The molecule has 0 saturated carbocycles. The molecule has 2 rings (SSSR count). The van der Waals surface area contributed by atoms with E-state index in [1.165, 1.54) is 11.8 Å². The van der Waals surface area contributed by atoms with Gasteiger partial charge < -0.3 is 24.5 Å². The monoisotopic (exact) mass is 362 g/mol. The van der Waals surface area contributed by atoms with Crippen molar-refractivity contribution < 1.29 is 47.4 Å². The molecule has 1 aliphatic rings. The maximum absolute atomic E-state index is 12.8. The number of benzene rings is 1. The Balaban J connectivity index is 0.00000312. The Morgan fingerprint density at radius 2 is 2.04 bits per heavy atom. The third kappa shape index (κ3) is 5.88. The summed E-state index contributed by atoms with van der Waals surface area (Å²) in [6.45, 7) is 0.389. The van der Waals surface area contributed by atoms with Crippen LogP contribution in [0.2, 0.25) is 0 Å². The van der Waals surface area contributed by atoms with Gasteiger partial charge in [-0.1, -0.05) is 30.3 Å². The molecular formula is C15H20LiN2O6P. The van der Waals surface area contributed by atoms with Gasteiger partial charge in [-0.2, -0.15) is 0 Å². The second kappa shape index (κ2) is 10.0. The molecule has 0 spiro atoms. The van der Waals surface area contributed by atoms with Gasteiger partial charge in [-0.25, -0.2) is 9.46 Å². The van der Waals surface area contributed by atoms with Crippen LogP contribution < -0.4 is 29.3 Å². The normalized spacial score (nSPS) is 19.5. The predicted molar refractivity (Wildman–Crippen MR) is 84.0 cm³/mol. The molecule has 10 heteroatoms. The number of ether oxygens (including phenoxy) is 1. The van der Waals surface area contributed by atoms with E-state index in [-0.39, 0.29) is 31.8 Å². The summed E-state index contributed by atoms with van der Waals surface area (Å²) in [5.41, 5.74) is 0.819. The number of amides is 1. The van der Waals surface area contributed by atoms with Gasteiger partial charge in [0, 0.05) is 13.7 Å². The minimum absolute atomic E-state index is 0. The molecule has 8 nitrogen and oxygen atoms in total. The zero-order valence-corrected chi connectivity index (χ0v) is 15.2. The van der Waals surface area contributed by atoms with Crippen molar-refractivity contribution >= 4 is 19.6 Å². The van der Waals surface area contributed by atoms with Crippen molar-refractivity contribution in [3.8, 4) is 0 Å². The summed E-state index contributed by atoms with van der Waals surface area (Å²) in [5, 5.41) is 13.5. The number of carbonyl (C=O) groups is 2. The Hall–Kier alpha value is -1.29. The van der Waals surface area contributed by atoms with Gasteiger partial charge >= 0.3 is 25.0 Å². The Labute approximate surface area is 158 Å². The van der Waals surface area contributed by atoms with E-state index in [9.17, 15) is 19.3 Å². The molecule has 1 unspecified atom stereocenters. The zero-order chi connectivity index (χ0) is 17.6. The van der Waals surface area contributed by atoms with E-state index in [0.29, 0.717) is 19.4 Å². The maximum atomic E-state index is 12.8. The van der Waals surface area contributed by atoms with E-state index in [1.807, 2.05) is 30.3 Å². The first kappa shape index (κ1) is 21.7. The molecule has 1 aromatic carbocycles. The first-order valence-electron chi connectivity index (χ1n) is 7.53. The molecule has 0 radical (unpaired) electrons. The molecule has 2 atom stereocenters. The van der Waals surface area contributed by atoms with Crippen molar-refractivity contribution in [2.75, 3.05) is 19.9 Å². The Kier molecular flexibility index (Phi) is 8.70. The molecule has 0 bridgehead atoms. The predicted octanol–water partition coefficient (Wildman–Crippen LogP) is -2.07. The largest absolute Gasteiger partial charge is 1.00 e. The van der Waals surface area contributed by atoms with Crippen LogP contribution in [0.4, 0.5) is 4.79 Å². The molecule has 1 heterocycles. The molecule has 0 aliphatic carbocycles. The molecule has 1 aliphatic heterocycles. The molecule has 1 aromatic rings. The molecule has 1 fully saturated rings. The molecular weight excluding hydrogens is 342 g/mol. The van der Waals surface area contributed by atoms with E-state index in [1.54, 1.807) is 0 Å².